The Hall–Kier alpha value is -3.73. The number of nitrogens with zero attached hydrogens (tertiary/aromatic N) is 1. The van der Waals surface area contributed by atoms with Crippen molar-refractivity contribution < 1.29 is 33.3 Å². The van der Waals surface area contributed by atoms with E-state index in [2.05, 4.69) is 21.2 Å². The maximum absolute atomic E-state index is 13.3. The number of hydrogen-bond acceptors (Lipinski definition) is 7. The van der Waals surface area contributed by atoms with Gasteiger partial charge in [0.2, 0.25) is 6.79 Å². The molecule has 1 fully saturated rings. The van der Waals surface area contributed by atoms with Gasteiger partial charge in [0.05, 0.1) is 26.8 Å². The summed E-state index contributed by atoms with van der Waals surface area (Å²) in [6, 6.07) is 12.2. The molecule has 1 saturated heterocycles. The van der Waals surface area contributed by atoms with E-state index in [0.29, 0.717) is 49.7 Å². The molecule has 0 unspecified atom stereocenters. The van der Waals surface area contributed by atoms with Gasteiger partial charge in [-0.25, -0.2) is 9.69 Å². The van der Waals surface area contributed by atoms with Gasteiger partial charge in [-0.1, -0.05) is 29.3 Å². The molecule has 0 radical (unpaired) electrons. The number of carbonyl (C=O) groups excluding carboxylic acids is 3. The average molecular weight is 634 g/mol. The Morgan fingerprint density at radius 1 is 1.00 bits per heavy atom. The van der Waals surface area contributed by atoms with Gasteiger partial charge < -0.3 is 18.9 Å². The molecule has 2 aliphatic rings. The number of amides is 4. The zero-order valence-electron chi connectivity index (χ0n) is 20.3. The van der Waals surface area contributed by atoms with Gasteiger partial charge >= 0.3 is 6.03 Å². The van der Waals surface area contributed by atoms with E-state index in [1.54, 1.807) is 36.4 Å². The Balaban J connectivity index is 1.44. The highest BCUT2D eigenvalue weighted by molar-refractivity contribution is 9.10. The molecule has 1 N–H and O–H groups in total. The van der Waals surface area contributed by atoms with Gasteiger partial charge in [0, 0.05) is 6.07 Å². The Labute approximate surface area is 241 Å². The van der Waals surface area contributed by atoms with Crippen LogP contribution in [0.15, 0.2) is 58.6 Å². The summed E-state index contributed by atoms with van der Waals surface area (Å²) in [7, 11) is 0. The third kappa shape index (κ3) is 5.54. The molecule has 0 aromatic heterocycles. The third-order valence-electron chi connectivity index (χ3n) is 5.73. The quantitative estimate of drug-likeness (QED) is 0.247. The lowest BCUT2D eigenvalue weighted by Crippen LogP contribution is -2.54. The monoisotopic (exact) mass is 632 g/mol. The van der Waals surface area contributed by atoms with Gasteiger partial charge in [-0.2, -0.15) is 0 Å². The minimum absolute atomic E-state index is 0.0345. The Morgan fingerprint density at radius 2 is 1.79 bits per heavy atom. The van der Waals surface area contributed by atoms with E-state index in [4.69, 9.17) is 42.1 Å². The molecule has 3 aromatic rings. The van der Waals surface area contributed by atoms with Crippen molar-refractivity contribution in [1.29, 1.82) is 0 Å². The van der Waals surface area contributed by atoms with E-state index in [9.17, 15) is 14.4 Å². The molecule has 200 valence electrons. The fraction of sp³-hybridized carbons (Fsp3) is 0.148. The molecule has 2 aliphatic heterocycles. The van der Waals surface area contributed by atoms with Crippen molar-refractivity contribution in [3.8, 4) is 23.0 Å². The van der Waals surface area contributed by atoms with Crippen molar-refractivity contribution in [2.75, 3.05) is 18.3 Å². The summed E-state index contributed by atoms with van der Waals surface area (Å²) in [5, 5.41) is 3.06. The van der Waals surface area contributed by atoms with E-state index < -0.39 is 17.8 Å². The Morgan fingerprint density at radius 3 is 2.56 bits per heavy atom. The van der Waals surface area contributed by atoms with E-state index in [-0.39, 0.29) is 24.7 Å². The van der Waals surface area contributed by atoms with E-state index in [1.807, 2.05) is 6.92 Å². The topological polar surface area (TPSA) is 103 Å². The predicted octanol–water partition coefficient (Wildman–Crippen LogP) is 6.13. The number of carbonyl (C=O) groups is 3. The second-order valence-electron chi connectivity index (χ2n) is 8.30. The normalized spacial score (nSPS) is 15.5. The first-order valence-corrected chi connectivity index (χ1v) is 13.1. The second kappa shape index (κ2) is 11.2. The fourth-order valence-electron chi connectivity index (χ4n) is 3.94. The number of fused-ring (bicyclic) bond motifs is 1. The van der Waals surface area contributed by atoms with Gasteiger partial charge in [-0.15, -0.1) is 0 Å². The number of benzene rings is 3. The fourth-order valence-corrected chi connectivity index (χ4v) is 4.84. The van der Waals surface area contributed by atoms with Crippen LogP contribution in [0.4, 0.5) is 10.5 Å². The summed E-state index contributed by atoms with van der Waals surface area (Å²) in [6.07, 6.45) is 1.38. The highest BCUT2D eigenvalue weighted by atomic mass is 79.9. The number of urea groups is 1. The number of nitrogens with one attached hydrogen (secondary N) is 1. The van der Waals surface area contributed by atoms with Gasteiger partial charge in [-0.3, -0.25) is 14.9 Å². The van der Waals surface area contributed by atoms with E-state index in [0.717, 1.165) is 10.5 Å². The van der Waals surface area contributed by atoms with Gasteiger partial charge in [0.1, 0.15) is 12.2 Å². The van der Waals surface area contributed by atoms with Crippen LogP contribution in [0.2, 0.25) is 10.0 Å². The third-order valence-corrected chi connectivity index (χ3v) is 7.05. The molecule has 39 heavy (non-hydrogen) atoms. The molecule has 0 saturated carbocycles. The highest BCUT2D eigenvalue weighted by Gasteiger charge is 2.37. The minimum Gasteiger partial charge on any atom is -0.490 e. The van der Waals surface area contributed by atoms with Crippen LogP contribution in [0.3, 0.4) is 0 Å². The Bertz CT molecular complexity index is 1540. The van der Waals surface area contributed by atoms with Crippen LogP contribution in [0.5, 0.6) is 23.0 Å². The standard InChI is InChI=1S/C27H19BrCl2N2O7/c1-2-36-23-10-15(8-18(28)24(23)37-12-14-3-5-19(29)20(30)9-14)7-17-25(33)31-27(35)32(26(17)34)16-4-6-21-22(11-16)39-13-38-21/h3-11H,2,12-13H2,1H3,(H,31,33,35)/b17-7+. The molecule has 0 atom stereocenters. The van der Waals surface area contributed by atoms with Crippen LogP contribution in [0, 0.1) is 0 Å². The minimum atomic E-state index is -0.872. The summed E-state index contributed by atoms with van der Waals surface area (Å²) in [5.74, 6) is 0.0583. The molecule has 0 aliphatic carbocycles. The first kappa shape index (κ1) is 26.9. The molecule has 3 aromatic carbocycles. The van der Waals surface area contributed by atoms with Crippen LogP contribution in [0.1, 0.15) is 18.1 Å². The van der Waals surface area contributed by atoms with Crippen LogP contribution in [-0.2, 0) is 16.2 Å². The summed E-state index contributed by atoms with van der Waals surface area (Å²) >= 11 is 15.6. The summed E-state index contributed by atoms with van der Waals surface area (Å²) < 4.78 is 22.9. The lowest BCUT2D eigenvalue weighted by molar-refractivity contribution is -0.122. The van der Waals surface area contributed by atoms with Gasteiger partial charge in [-0.05, 0) is 76.5 Å². The van der Waals surface area contributed by atoms with Crippen molar-refractivity contribution in [1.82, 2.24) is 5.32 Å². The summed E-state index contributed by atoms with van der Waals surface area (Å²) in [6.45, 7) is 2.37. The second-order valence-corrected chi connectivity index (χ2v) is 9.96. The van der Waals surface area contributed by atoms with E-state index in [1.165, 1.54) is 18.2 Å². The van der Waals surface area contributed by atoms with Gasteiger partial charge in [0.25, 0.3) is 11.8 Å². The number of imide groups is 2. The number of ether oxygens (including phenoxy) is 4. The molecular weight excluding hydrogens is 615 g/mol. The number of hydrogen-bond donors (Lipinski definition) is 1. The first-order chi connectivity index (χ1) is 18.7. The van der Waals surface area contributed by atoms with Crippen molar-refractivity contribution in [3.63, 3.8) is 0 Å². The predicted molar refractivity (Wildman–Crippen MR) is 148 cm³/mol. The molecule has 4 amide bonds. The molecular formula is C27H19BrCl2N2O7. The van der Waals surface area contributed by atoms with E-state index >= 15 is 0 Å². The molecule has 0 bridgehead atoms. The first-order valence-electron chi connectivity index (χ1n) is 11.6. The van der Waals surface area contributed by atoms with Gasteiger partial charge in [0.15, 0.2) is 23.0 Å². The zero-order chi connectivity index (χ0) is 27.7. The van der Waals surface area contributed by atoms with Crippen molar-refractivity contribution >= 4 is 68.7 Å². The number of anilines is 1. The summed E-state index contributed by atoms with van der Waals surface area (Å²) in [5.41, 5.74) is 1.24. The molecule has 5 rings (SSSR count). The molecule has 2 heterocycles. The van der Waals surface area contributed by atoms with Crippen LogP contribution in [0.25, 0.3) is 6.08 Å². The highest BCUT2D eigenvalue weighted by Crippen LogP contribution is 2.39. The maximum atomic E-state index is 13.3. The largest absolute Gasteiger partial charge is 0.490 e. The van der Waals surface area contributed by atoms with Crippen molar-refractivity contribution in [2.24, 2.45) is 0 Å². The summed E-state index contributed by atoms with van der Waals surface area (Å²) in [4.78, 5) is 39.5. The van der Waals surface area contributed by atoms with Crippen molar-refractivity contribution in [3.05, 3.63) is 79.7 Å². The molecule has 9 nitrogen and oxygen atoms in total. The molecule has 12 heteroatoms. The van der Waals surface area contributed by atoms with Crippen molar-refractivity contribution in [2.45, 2.75) is 13.5 Å². The Kier molecular flexibility index (Phi) is 7.69. The lowest BCUT2D eigenvalue weighted by Gasteiger charge is -2.26. The van der Waals surface area contributed by atoms with Crippen LogP contribution < -0.4 is 29.2 Å². The SMILES string of the molecule is CCOc1cc(/C=C2\C(=O)NC(=O)N(c3ccc4c(c3)OCO4)C2=O)cc(Br)c1OCc1ccc(Cl)c(Cl)c1. The lowest BCUT2D eigenvalue weighted by atomic mass is 10.1. The van der Waals surface area contributed by atoms with Crippen LogP contribution in [-0.4, -0.2) is 31.2 Å². The maximum Gasteiger partial charge on any atom is 0.335 e. The average Bonchev–Trinajstić information content (AvgIpc) is 3.36. The number of barbiturate groups is 1. The zero-order valence-corrected chi connectivity index (χ0v) is 23.4. The number of rotatable bonds is 7. The van der Waals surface area contributed by atoms with Crippen LogP contribution >= 0.6 is 39.1 Å². The molecule has 0 spiro atoms. The smallest absolute Gasteiger partial charge is 0.335 e. The number of halogens is 3.